The van der Waals surface area contributed by atoms with Gasteiger partial charge in [0.15, 0.2) is 0 Å². The van der Waals surface area contributed by atoms with Crippen LogP contribution in [0.3, 0.4) is 0 Å². The minimum Gasteiger partial charge on any atom is -0.378 e. The van der Waals surface area contributed by atoms with Crippen LogP contribution in [0.25, 0.3) is 0 Å². The van der Waals surface area contributed by atoms with E-state index in [1.165, 1.54) is 31.7 Å². The molecule has 1 aliphatic heterocycles. The smallest absolute Gasteiger partial charge is 0.0565 e. The van der Waals surface area contributed by atoms with Gasteiger partial charge < -0.3 is 5.32 Å². The van der Waals surface area contributed by atoms with Gasteiger partial charge in [0.2, 0.25) is 0 Å². The molecule has 1 N–H and O–H groups in total. The van der Waals surface area contributed by atoms with Crippen molar-refractivity contribution < 1.29 is 0 Å². The lowest BCUT2D eigenvalue weighted by Crippen LogP contribution is -2.29. The third kappa shape index (κ3) is 3.42. The van der Waals surface area contributed by atoms with Crippen molar-refractivity contribution in [3.8, 4) is 0 Å². The van der Waals surface area contributed by atoms with Gasteiger partial charge in [0.25, 0.3) is 0 Å². The Balaban J connectivity index is 1.43. The SMILES string of the molecule is Brc1ccccc1[C@@H]1Nc2ccc(CSc3ccccc3)cc2[C@H]2C=CC[C@H]21. The summed E-state index contributed by atoms with van der Waals surface area (Å²) in [6.07, 6.45) is 5.91. The van der Waals surface area contributed by atoms with Gasteiger partial charge in [0.1, 0.15) is 0 Å². The predicted octanol–water partition coefficient (Wildman–Crippen LogP) is 7.57. The topological polar surface area (TPSA) is 12.0 Å². The predicted molar refractivity (Wildman–Crippen MR) is 123 cm³/mol. The number of benzene rings is 3. The third-order valence-corrected chi connectivity index (χ3v) is 7.62. The number of hydrogen-bond donors (Lipinski definition) is 1. The van der Waals surface area contributed by atoms with Crippen molar-refractivity contribution in [2.75, 3.05) is 5.32 Å². The van der Waals surface area contributed by atoms with E-state index < -0.39 is 0 Å². The van der Waals surface area contributed by atoms with Gasteiger partial charge in [-0.2, -0.15) is 0 Å². The number of nitrogens with one attached hydrogen (secondary N) is 1. The van der Waals surface area contributed by atoms with Crippen LogP contribution in [0.15, 0.2) is 94.3 Å². The Kier molecular flexibility index (Phi) is 5.04. The van der Waals surface area contributed by atoms with Crippen molar-refractivity contribution in [1.82, 2.24) is 0 Å². The van der Waals surface area contributed by atoms with Crippen molar-refractivity contribution >= 4 is 33.4 Å². The number of halogens is 1. The molecule has 3 atom stereocenters. The Morgan fingerprint density at radius 3 is 2.61 bits per heavy atom. The molecular formula is C25H22BrNS. The van der Waals surface area contributed by atoms with Crippen LogP contribution in [0, 0.1) is 5.92 Å². The Labute approximate surface area is 179 Å². The summed E-state index contributed by atoms with van der Waals surface area (Å²) in [6.45, 7) is 0. The molecule has 0 bridgehead atoms. The van der Waals surface area contributed by atoms with E-state index in [0.29, 0.717) is 17.9 Å². The molecule has 2 aliphatic rings. The quantitative estimate of drug-likeness (QED) is 0.326. The van der Waals surface area contributed by atoms with E-state index in [9.17, 15) is 0 Å². The van der Waals surface area contributed by atoms with Gasteiger partial charge in [-0.1, -0.05) is 76.6 Å². The van der Waals surface area contributed by atoms with Crippen LogP contribution in [0.1, 0.15) is 35.1 Å². The summed E-state index contributed by atoms with van der Waals surface area (Å²) in [5, 5.41) is 3.85. The van der Waals surface area contributed by atoms with E-state index in [4.69, 9.17) is 0 Å². The Bertz CT molecular complexity index is 1010. The zero-order chi connectivity index (χ0) is 18.9. The normalized spacial score (nSPS) is 22.4. The summed E-state index contributed by atoms with van der Waals surface area (Å²) >= 11 is 5.66. The van der Waals surface area contributed by atoms with E-state index in [2.05, 4.69) is 106 Å². The molecule has 1 heterocycles. The van der Waals surface area contributed by atoms with Gasteiger partial charge in [-0.25, -0.2) is 0 Å². The van der Waals surface area contributed by atoms with Gasteiger partial charge >= 0.3 is 0 Å². The summed E-state index contributed by atoms with van der Waals surface area (Å²) in [7, 11) is 0. The van der Waals surface area contributed by atoms with E-state index >= 15 is 0 Å². The molecule has 0 saturated heterocycles. The van der Waals surface area contributed by atoms with Crippen LogP contribution < -0.4 is 5.32 Å². The van der Waals surface area contributed by atoms with Gasteiger partial charge in [-0.05, 0) is 53.3 Å². The number of hydrogen-bond acceptors (Lipinski definition) is 2. The van der Waals surface area contributed by atoms with E-state index in [1.54, 1.807) is 0 Å². The van der Waals surface area contributed by atoms with Gasteiger partial charge in [0.05, 0.1) is 6.04 Å². The Morgan fingerprint density at radius 1 is 0.929 bits per heavy atom. The third-order valence-electron chi connectivity index (χ3n) is 5.82. The lowest BCUT2D eigenvalue weighted by atomic mass is 9.76. The maximum atomic E-state index is 3.85. The highest BCUT2D eigenvalue weighted by Crippen LogP contribution is 2.51. The minimum absolute atomic E-state index is 0.340. The molecule has 3 aromatic carbocycles. The van der Waals surface area contributed by atoms with Crippen LogP contribution in [-0.4, -0.2) is 0 Å². The Hall–Kier alpha value is -1.97. The highest BCUT2D eigenvalue weighted by molar-refractivity contribution is 9.10. The first-order valence-electron chi connectivity index (χ1n) is 9.78. The lowest BCUT2D eigenvalue weighted by Gasteiger charge is -2.38. The molecule has 0 radical (unpaired) electrons. The molecule has 0 aromatic heterocycles. The number of thioether (sulfide) groups is 1. The van der Waals surface area contributed by atoms with Crippen molar-refractivity contribution in [3.05, 3.63) is 106 Å². The monoisotopic (exact) mass is 447 g/mol. The van der Waals surface area contributed by atoms with Crippen LogP contribution in [0.5, 0.6) is 0 Å². The first-order chi connectivity index (χ1) is 13.8. The number of fused-ring (bicyclic) bond motifs is 3. The summed E-state index contributed by atoms with van der Waals surface area (Å²) in [6, 6.07) is 26.6. The van der Waals surface area contributed by atoms with Gasteiger partial charge in [-0.15, -0.1) is 11.8 Å². The van der Waals surface area contributed by atoms with E-state index in [1.807, 2.05) is 11.8 Å². The Morgan fingerprint density at radius 2 is 1.75 bits per heavy atom. The molecule has 0 saturated carbocycles. The van der Waals surface area contributed by atoms with Crippen LogP contribution in [0.2, 0.25) is 0 Å². The van der Waals surface area contributed by atoms with Crippen molar-refractivity contribution in [2.45, 2.75) is 29.0 Å². The van der Waals surface area contributed by atoms with Crippen molar-refractivity contribution in [1.29, 1.82) is 0 Å². The molecule has 28 heavy (non-hydrogen) atoms. The zero-order valence-electron chi connectivity index (χ0n) is 15.5. The molecule has 0 spiro atoms. The maximum Gasteiger partial charge on any atom is 0.0565 e. The fraction of sp³-hybridized carbons (Fsp3) is 0.200. The van der Waals surface area contributed by atoms with E-state index in [-0.39, 0.29) is 0 Å². The zero-order valence-corrected chi connectivity index (χ0v) is 17.9. The molecule has 1 aliphatic carbocycles. The summed E-state index contributed by atoms with van der Waals surface area (Å²) in [5.74, 6) is 2.07. The molecule has 3 aromatic rings. The average molecular weight is 448 g/mol. The minimum atomic E-state index is 0.340. The van der Waals surface area contributed by atoms with Crippen LogP contribution in [-0.2, 0) is 5.75 Å². The van der Waals surface area contributed by atoms with Crippen molar-refractivity contribution in [3.63, 3.8) is 0 Å². The lowest BCUT2D eigenvalue weighted by molar-refractivity contribution is 0.424. The van der Waals surface area contributed by atoms with Crippen LogP contribution in [0.4, 0.5) is 5.69 Å². The number of anilines is 1. The largest absolute Gasteiger partial charge is 0.378 e. The molecule has 5 rings (SSSR count). The fourth-order valence-electron chi connectivity index (χ4n) is 4.45. The van der Waals surface area contributed by atoms with Crippen molar-refractivity contribution in [2.24, 2.45) is 5.92 Å². The van der Waals surface area contributed by atoms with Gasteiger partial charge in [-0.3, -0.25) is 0 Å². The summed E-state index contributed by atoms with van der Waals surface area (Å²) in [4.78, 5) is 1.32. The number of allylic oxidation sites excluding steroid dienone is 2. The van der Waals surface area contributed by atoms with E-state index in [0.717, 1.165) is 12.2 Å². The first kappa shape index (κ1) is 18.1. The molecule has 140 valence electrons. The molecule has 0 amide bonds. The highest BCUT2D eigenvalue weighted by atomic mass is 79.9. The highest BCUT2D eigenvalue weighted by Gasteiger charge is 2.38. The van der Waals surface area contributed by atoms with Gasteiger partial charge in [0, 0.05) is 26.7 Å². The molecule has 1 nitrogen and oxygen atoms in total. The second kappa shape index (κ2) is 7.81. The standard InChI is InChI=1S/C25H22BrNS/c26-23-12-5-4-9-21(23)25-20-11-6-10-19(20)22-15-17(13-14-24(22)27-25)16-28-18-7-2-1-3-8-18/h1-10,12-15,19-20,25,27H,11,16H2/t19-,20+,25+/m0/s1. The average Bonchev–Trinajstić information content (AvgIpc) is 3.23. The summed E-state index contributed by atoms with van der Waals surface area (Å²) in [5.41, 5.74) is 5.48. The maximum absolute atomic E-state index is 3.85. The fourth-order valence-corrected chi connectivity index (χ4v) is 5.85. The van der Waals surface area contributed by atoms with Crippen LogP contribution >= 0.6 is 27.7 Å². The molecular weight excluding hydrogens is 426 g/mol. The second-order valence-electron chi connectivity index (χ2n) is 7.52. The molecule has 3 heteroatoms. The summed E-state index contributed by atoms with van der Waals surface area (Å²) < 4.78 is 1.19. The number of rotatable bonds is 4. The molecule has 0 unspecified atom stereocenters. The first-order valence-corrected chi connectivity index (χ1v) is 11.6. The molecule has 0 fully saturated rings. The second-order valence-corrected chi connectivity index (χ2v) is 9.42.